The lowest BCUT2D eigenvalue weighted by atomic mass is 9.80. The van der Waals surface area contributed by atoms with Crippen LogP contribution in [0.2, 0.25) is 10.0 Å². The third kappa shape index (κ3) is 4.98. The van der Waals surface area contributed by atoms with E-state index in [2.05, 4.69) is 10.4 Å². The van der Waals surface area contributed by atoms with Gasteiger partial charge in [-0.15, -0.1) is 4.41 Å². The Morgan fingerprint density at radius 1 is 1.06 bits per heavy atom. The van der Waals surface area contributed by atoms with Gasteiger partial charge < -0.3 is 16.3 Å². The van der Waals surface area contributed by atoms with Gasteiger partial charge >= 0.3 is 5.97 Å². The summed E-state index contributed by atoms with van der Waals surface area (Å²) in [5.74, 6) is 11.1. The van der Waals surface area contributed by atoms with E-state index >= 15 is 0 Å². The zero-order valence-corrected chi connectivity index (χ0v) is 20.6. The lowest BCUT2D eigenvalue weighted by molar-refractivity contribution is -0.145. The monoisotopic (exact) mass is 547 g/mol. The highest BCUT2D eigenvalue weighted by Crippen LogP contribution is 2.43. The fourth-order valence-electron chi connectivity index (χ4n) is 3.57. The first kappa shape index (κ1) is 26.9. The summed E-state index contributed by atoms with van der Waals surface area (Å²) in [7, 11) is -4.83. The molecular weight excluding hydrogens is 529 g/mol. The molecule has 0 bridgehead atoms. The van der Waals surface area contributed by atoms with Crippen LogP contribution in [0.4, 0.5) is 5.69 Å². The molecule has 0 saturated carbocycles. The average Bonchev–Trinajstić information content (AvgIpc) is 2.85. The van der Waals surface area contributed by atoms with E-state index in [9.17, 15) is 23.1 Å². The lowest BCUT2D eigenvalue weighted by Crippen LogP contribution is -2.58. The van der Waals surface area contributed by atoms with Crippen LogP contribution in [0.15, 0.2) is 82.8 Å². The van der Waals surface area contributed by atoms with E-state index in [1.54, 1.807) is 24.1 Å². The van der Waals surface area contributed by atoms with Crippen LogP contribution in [0, 0.1) is 0 Å². The molecule has 10 nitrogen and oxygen atoms in total. The number of carboxylic acids is 1. The normalized spacial score (nSPS) is 13.2. The van der Waals surface area contributed by atoms with Crippen LogP contribution in [-0.2, 0) is 25.2 Å². The van der Waals surface area contributed by atoms with Crippen LogP contribution in [-0.4, -0.2) is 36.2 Å². The maximum Gasteiger partial charge on any atom is 0.336 e. The van der Waals surface area contributed by atoms with Crippen molar-refractivity contribution in [2.45, 2.75) is 10.4 Å². The molecule has 0 spiro atoms. The predicted octanol–water partition coefficient (Wildman–Crippen LogP) is 3.07. The predicted molar refractivity (Wildman–Crippen MR) is 137 cm³/mol. The number of anilines is 1. The second kappa shape index (κ2) is 10.9. The van der Waals surface area contributed by atoms with Crippen LogP contribution in [0.3, 0.4) is 0 Å². The zero-order valence-electron chi connectivity index (χ0n) is 18.3. The van der Waals surface area contributed by atoms with Gasteiger partial charge in [0.25, 0.3) is 10.0 Å². The highest BCUT2D eigenvalue weighted by Gasteiger charge is 2.55. The zero-order chi connectivity index (χ0) is 26.5. The number of nitrogens with two attached hydrogens (primary N) is 2. The number of sulfonamides is 1. The number of rotatable bonds is 9. The summed E-state index contributed by atoms with van der Waals surface area (Å²) in [5.41, 5.74) is -3.19. The Hall–Kier alpha value is -3.70. The van der Waals surface area contributed by atoms with E-state index in [-0.39, 0.29) is 31.3 Å². The minimum absolute atomic E-state index is 0.0307. The molecule has 0 unspecified atom stereocenters. The second-order valence-electron chi connectivity index (χ2n) is 7.27. The lowest BCUT2D eigenvalue weighted by Gasteiger charge is -2.37. The molecule has 3 aromatic rings. The van der Waals surface area contributed by atoms with Gasteiger partial charge in [-0.25, -0.2) is 18.0 Å². The summed E-state index contributed by atoms with van der Waals surface area (Å²) in [6.45, 7) is 0. The molecule has 1 atom stereocenters. The number of carbonyl (C=O) groups is 1. The maximum atomic E-state index is 13.7. The first-order valence-corrected chi connectivity index (χ1v) is 12.2. The number of carbonyl (C=O) groups excluding carboxylic acids is 1. The van der Waals surface area contributed by atoms with E-state index in [1.807, 2.05) is 0 Å². The molecule has 0 aromatic heterocycles. The minimum Gasteiger partial charge on any atom is -0.479 e. The second-order valence-corrected chi connectivity index (χ2v) is 9.96. The number of nitrogens with zero attached hydrogens (tertiary/aromatic N) is 2. The number of benzene rings is 3. The Kier molecular flexibility index (Phi) is 8.16. The van der Waals surface area contributed by atoms with Crippen LogP contribution in [0.5, 0.6) is 0 Å². The van der Waals surface area contributed by atoms with Crippen LogP contribution in [0.1, 0.15) is 11.1 Å². The van der Waals surface area contributed by atoms with Crippen molar-refractivity contribution in [2.75, 3.05) is 5.32 Å². The van der Waals surface area contributed by atoms with E-state index < -0.39 is 32.0 Å². The first-order chi connectivity index (χ1) is 17.1. The van der Waals surface area contributed by atoms with Crippen molar-refractivity contribution < 1.29 is 23.1 Å². The number of hydrazine groups is 1. The van der Waals surface area contributed by atoms with Gasteiger partial charge in [-0.1, -0.05) is 65.7 Å². The average molecular weight is 548 g/mol. The first-order valence-electron chi connectivity index (χ1n) is 9.98. The van der Waals surface area contributed by atoms with Crippen molar-refractivity contribution in [3.63, 3.8) is 0 Å². The SMILES string of the molecule is NN=CNc1cccc([C@@](C(=O)O)(C(=C=O)c2ccccc2)N(N)S(=O)(=O)c2cc(Cl)cc(Cl)c2)c1. The van der Waals surface area contributed by atoms with Gasteiger partial charge in [0.1, 0.15) is 12.3 Å². The van der Waals surface area contributed by atoms with E-state index in [0.717, 1.165) is 18.5 Å². The van der Waals surface area contributed by atoms with Crippen molar-refractivity contribution in [3.05, 3.63) is 94.0 Å². The molecular formula is C23H19Cl2N5O5S. The Morgan fingerprint density at radius 3 is 2.25 bits per heavy atom. The molecule has 0 radical (unpaired) electrons. The minimum atomic E-state index is -4.83. The van der Waals surface area contributed by atoms with Crippen molar-refractivity contribution in [3.8, 4) is 0 Å². The molecule has 0 aliphatic carbocycles. The molecule has 36 heavy (non-hydrogen) atoms. The molecule has 0 aliphatic heterocycles. The van der Waals surface area contributed by atoms with Crippen molar-refractivity contribution in [1.82, 2.24) is 4.41 Å². The fourth-order valence-corrected chi connectivity index (χ4v) is 5.64. The summed E-state index contributed by atoms with van der Waals surface area (Å²) >= 11 is 12.0. The number of halogens is 2. The highest BCUT2D eigenvalue weighted by atomic mass is 35.5. The van der Waals surface area contributed by atoms with E-state index in [0.29, 0.717) is 0 Å². The fraction of sp³-hybridized carbons (Fsp3) is 0.0435. The summed E-state index contributed by atoms with van der Waals surface area (Å²) in [4.78, 5) is 24.9. The largest absolute Gasteiger partial charge is 0.479 e. The molecule has 13 heteroatoms. The van der Waals surface area contributed by atoms with E-state index in [1.165, 1.54) is 42.5 Å². The number of carboxylic acid groups (broad SMARTS) is 1. The standard InChI is InChI=1S/C23H19Cl2N5O5S/c24-17-10-18(25)12-20(11-17)36(34,35)30(27)23(22(32)33,21(13-31)15-5-2-1-3-6-15)16-7-4-8-19(9-16)28-14-29-26/h1-12,14H,26-27H2,(H,28,29)(H,32,33)/t23-/m0/s1. The topological polar surface area (TPSA) is 168 Å². The van der Waals surface area contributed by atoms with Crippen molar-refractivity contribution in [2.24, 2.45) is 16.8 Å². The summed E-state index contributed by atoms with van der Waals surface area (Å²) in [6.07, 6.45) is 1.13. The summed E-state index contributed by atoms with van der Waals surface area (Å²) in [5, 5.41) is 16.5. The molecule has 0 amide bonds. The molecule has 0 aliphatic rings. The summed E-state index contributed by atoms with van der Waals surface area (Å²) in [6, 6.07) is 16.5. The number of hydrogen-bond donors (Lipinski definition) is 4. The number of hydrazone groups is 1. The van der Waals surface area contributed by atoms with Gasteiger partial charge in [-0.2, -0.15) is 5.10 Å². The van der Waals surface area contributed by atoms with Crippen LogP contribution < -0.4 is 17.0 Å². The van der Waals surface area contributed by atoms with E-state index in [4.69, 9.17) is 34.9 Å². The molecule has 6 N–H and O–H groups in total. The molecule has 0 fully saturated rings. The van der Waals surface area contributed by atoms with Gasteiger partial charge in [-0.3, -0.25) is 5.84 Å². The van der Waals surface area contributed by atoms with Crippen molar-refractivity contribution in [1.29, 1.82) is 0 Å². The Morgan fingerprint density at radius 2 is 1.69 bits per heavy atom. The quantitative estimate of drug-likeness (QED) is 0.104. The Bertz CT molecular complexity index is 1460. The van der Waals surface area contributed by atoms with Gasteiger partial charge in [0.15, 0.2) is 0 Å². The van der Waals surface area contributed by atoms with Gasteiger partial charge in [0.2, 0.25) is 5.54 Å². The van der Waals surface area contributed by atoms with Gasteiger partial charge in [0.05, 0.1) is 10.5 Å². The smallest absolute Gasteiger partial charge is 0.336 e. The Labute approximate surface area is 216 Å². The number of hydrogen-bond acceptors (Lipinski definition) is 7. The summed E-state index contributed by atoms with van der Waals surface area (Å²) < 4.78 is 27.5. The van der Waals surface area contributed by atoms with Gasteiger partial charge in [0, 0.05) is 15.7 Å². The molecule has 3 aromatic carbocycles. The highest BCUT2D eigenvalue weighted by molar-refractivity contribution is 7.89. The van der Waals surface area contributed by atoms with Crippen LogP contribution in [0.25, 0.3) is 5.57 Å². The molecule has 0 saturated heterocycles. The molecule has 186 valence electrons. The third-order valence-electron chi connectivity index (χ3n) is 5.15. The number of aliphatic carboxylic acids is 1. The molecule has 0 heterocycles. The molecule has 3 rings (SSSR count). The number of nitrogens with one attached hydrogen (secondary N) is 1. The van der Waals surface area contributed by atoms with Gasteiger partial charge in [-0.05, 0) is 41.5 Å². The van der Waals surface area contributed by atoms with Crippen molar-refractivity contribution >= 4 is 62.7 Å². The maximum absolute atomic E-state index is 13.7. The van der Waals surface area contributed by atoms with Crippen LogP contribution >= 0.6 is 23.2 Å². The Balaban J connectivity index is 2.41. The third-order valence-corrected chi connectivity index (χ3v) is 7.21.